The van der Waals surface area contributed by atoms with E-state index in [4.69, 9.17) is 4.74 Å². The molecule has 24 heavy (non-hydrogen) atoms. The summed E-state index contributed by atoms with van der Waals surface area (Å²) in [5.74, 6) is 0.630. The molecule has 0 aliphatic heterocycles. The second-order valence-corrected chi connectivity index (χ2v) is 6.82. The molecule has 6 heteroatoms. The van der Waals surface area contributed by atoms with E-state index >= 15 is 0 Å². The van der Waals surface area contributed by atoms with Gasteiger partial charge < -0.3 is 4.74 Å². The molecule has 0 spiro atoms. The highest BCUT2D eigenvalue weighted by Gasteiger charge is 2.31. The lowest BCUT2D eigenvalue weighted by molar-refractivity contribution is -0.0328. The molecule has 0 aromatic heterocycles. The number of ether oxygens (including phenoxy) is 1. The molecule has 126 valence electrons. The van der Waals surface area contributed by atoms with Gasteiger partial charge in [-0.25, -0.2) is 0 Å². The molecule has 3 rings (SSSR count). The monoisotopic (exact) mass is 352 g/mol. The first-order valence-electron chi connectivity index (χ1n) is 7.41. The van der Waals surface area contributed by atoms with Gasteiger partial charge in [0.2, 0.25) is 0 Å². The van der Waals surface area contributed by atoms with Crippen molar-refractivity contribution < 1.29 is 22.7 Å². The van der Waals surface area contributed by atoms with Crippen LogP contribution >= 0.6 is 11.8 Å². The minimum absolute atomic E-state index is 0.0846. The fourth-order valence-electron chi connectivity index (χ4n) is 2.96. The number of ketones is 1. The van der Waals surface area contributed by atoms with Crippen LogP contribution in [0.25, 0.3) is 0 Å². The summed E-state index contributed by atoms with van der Waals surface area (Å²) in [6.07, 6.45) is 1.15. The number of methoxy groups -OCH3 is 1. The summed E-state index contributed by atoms with van der Waals surface area (Å²) in [4.78, 5) is 12.6. The standard InChI is InChI=1S/C18H15F3O2S/c1-23-14-4-7-16-12(10-14)9-13(17(16)22)8-11-2-5-15(6-3-11)24-18(19,20)21/h2-7,10,13H,8-9H2,1H3. The van der Waals surface area contributed by atoms with Gasteiger partial charge in [0.05, 0.1) is 7.11 Å². The number of carbonyl (C=O) groups excluding carboxylic acids is 1. The fraction of sp³-hybridized carbons (Fsp3) is 0.278. The van der Waals surface area contributed by atoms with Crippen LogP contribution in [0.1, 0.15) is 21.5 Å². The first-order chi connectivity index (χ1) is 11.4. The molecule has 0 fully saturated rings. The highest BCUT2D eigenvalue weighted by Crippen LogP contribution is 2.37. The third kappa shape index (κ3) is 3.75. The topological polar surface area (TPSA) is 26.3 Å². The van der Waals surface area contributed by atoms with Gasteiger partial charge in [-0.3, -0.25) is 4.79 Å². The van der Waals surface area contributed by atoms with Crippen LogP contribution in [0.2, 0.25) is 0 Å². The number of fused-ring (bicyclic) bond motifs is 1. The molecule has 1 aliphatic rings. The fourth-order valence-corrected chi connectivity index (χ4v) is 3.50. The Morgan fingerprint density at radius 3 is 2.50 bits per heavy atom. The number of thioether (sulfide) groups is 1. The van der Waals surface area contributed by atoms with Gasteiger partial charge in [-0.15, -0.1) is 0 Å². The molecule has 0 N–H and O–H groups in total. The van der Waals surface area contributed by atoms with Gasteiger partial charge in [0, 0.05) is 16.4 Å². The molecular formula is C18H15F3O2S. The van der Waals surface area contributed by atoms with Crippen LogP contribution in [-0.2, 0) is 12.8 Å². The Morgan fingerprint density at radius 1 is 1.17 bits per heavy atom. The van der Waals surface area contributed by atoms with Gasteiger partial charge in [-0.2, -0.15) is 13.2 Å². The summed E-state index contributed by atoms with van der Waals surface area (Å²) < 4.78 is 42.2. The number of hydrogen-bond donors (Lipinski definition) is 0. The van der Waals surface area contributed by atoms with Crippen molar-refractivity contribution in [1.82, 2.24) is 0 Å². The van der Waals surface area contributed by atoms with E-state index in [1.165, 1.54) is 12.1 Å². The zero-order valence-corrected chi connectivity index (χ0v) is 13.7. The van der Waals surface area contributed by atoms with Gasteiger partial charge in [-0.1, -0.05) is 12.1 Å². The van der Waals surface area contributed by atoms with E-state index < -0.39 is 5.51 Å². The summed E-state index contributed by atoms with van der Waals surface area (Å²) >= 11 is -0.134. The molecule has 0 saturated carbocycles. The first kappa shape index (κ1) is 16.9. The zero-order chi connectivity index (χ0) is 17.3. The third-order valence-corrected chi connectivity index (χ3v) is 4.79. The minimum atomic E-state index is -4.29. The molecule has 2 aromatic carbocycles. The molecular weight excluding hydrogens is 337 g/mol. The summed E-state index contributed by atoms with van der Waals surface area (Å²) in [5, 5.41) is 0. The Hall–Kier alpha value is -1.95. The Bertz CT molecular complexity index is 754. The second kappa shape index (κ2) is 6.51. The maximum Gasteiger partial charge on any atom is 0.446 e. The molecule has 1 atom stereocenters. The highest BCUT2D eigenvalue weighted by atomic mass is 32.2. The predicted molar refractivity (Wildman–Crippen MR) is 86.6 cm³/mol. The van der Waals surface area contributed by atoms with Crippen molar-refractivity contribution in [2.24, 2.45) is 5.92 Å². The normalized spacial score (nSPS) is 17.0. The quantitative estimate of drug-likeness (QED) is 0.732. The van der Waals surface area contributed by atoms with Crippen LogP contribution in [0.3, 0.4) is 0 Å². The Labute approximate surface area is 142 Å². The van der Waals surface area contributed by atoms with Crippen LogP contribution < -0.4 is 4.74 Å². The van der Waals surface area contributed by atoms with Crippen molar-refractivity contribution in [2.45, 2.75) is 23.2 Å². The molecule has 0 radical (unpaired) electrons. The summed E-state index contributed by atoms with van der Waals surface area (Å²) in [7, 11) is 1.58. The van der Waals surface area contributed by atoms with E-state index in [1.807, 2.05) is 6.07 Å². The maximum absolute atomic E-state index is 12.5. The van der Waals surface area contributed by atoms with Gasteiger partial charge in [0.1, 0.15) is 5.75 Å². The van der Waals surface area contributed by atoms with Crippen molar-refractivity contribution in [3.63, 3.8) is 0 Å². The van der Waals surface area contributed by atoms with Crippen molar-refractivity contribution in [1.29, 1.82) is 0 Å². The smallest absolute Gasteiger partial charge is 0.446 e. The lowest BCUT2D eigenvalue weighted by atomic mass is 9.96. The summed E-state index contributed by atoms with van der Waals surface area (Å²) in [6.45, 7) is 0. The van der Waals surface area contributed by atoms with Crippen molar-refractivity contribution >= 4 is 17.5 Å². The largest absolute Gasteiger partial charge is 0.497 e. The molecule has 0 amide bonds. The van der Waals surface area contributed by atoms with Crippen LogP contribution in [-0.4, -0.2) is 18.4 Å². The number of rotatable bonds is 4. The van der Waals surface area contributed by atoms with Crippen LogP contribution in [0.5, 0.6) is 5.75 Å². The number of hydrogen-bond acceptors (Lipinski definition) is 3. The lowest BCUT2D eigenvalue weighted by Gasteiger charge is -2.09. The van der Waals surface area contributed by atoms with Crippen molar-refractivity contribution in [2.75, 3.05) is 7.11 Å². The van der Waals surface area contributed by atoms with Gasteiger partial charge >= 0.3 is 5.51 Å². The lowest BCUT2D eigenvalue weighted by Crippen LogP contribution is -2.12. The predicted octanol–water partition coefficient (Wildman–Crippen LogP) is 4.90. The van der Waals surface area contributed by atoms with Crippen molar-refractivity contribution in [3.05, 3.63) is 59.2 Å². The average molecular weight is 352 g/mol. The van der Waals surface area contributed by atoms with E-state index in [9.17, 15) is 18.0 Å². The van der Waals surface area contributed by atoms with Crippen LogP contribution in [0, 0.1) is 5.92 Å². The molecule has 0 bridgehead atoms. The first-order valence-corrected chi connectivity index (χ1v) is 8.23. The van der Waals surface area contributed by atoms with Gasteiger partial charge in [-0.05, 0) is 66.1 Å². The van der Waals surface area contributed by atoms with Crippen LogP contribution in [0.15, 0.2) is 47.4 Å². The summed E-state index contributed by atoms with van der Waals surface area (Å²) in [6, 6.07) is 11.6. The number of carbonyl (C=O) groups is 1. The van der Waals surface area contributed by atoms with E-state index in [0.717, 1.165) is 16.9 Å². The number of benzene rings is 2. The Balaban J connectivity index is 1.70. The maximum atomic E-state index is 12.5. The number of halogens is 3. The van der Waals surface area contributed by atoms with E-state index in [-0.39, 0.29) is 28.4 Å². The van der Waals surface area contributed by atoms with E-state index in [1.54, 1.807) is 31.4 Å². The van der Waals surface area contributed by atoms with E-state index in [0.29, 0.717) is 18.4 Å². The number of Topliss-reactive ketones (excluding diaryl/α,β-unsaturated/α-hetero) is 1. The van der Waals surface area contributed by atoms with Crippen LogP contribution in [0.4, 0.5) is 13.2 Å². The Kier molecular flexibility index (Phi) is 4.58. The molecule has 1 aliphatic carbocycles. The molecule has 2 nitrogen and oxygen atoms in total. The zero-order valence-electron chi connectivity index (χ0n) is 12.9. The van der Waals surface area contributed by atoms with Gasteiger partial charge in [0.15, 0.2) is 5.78 Å². The van der Waals surface area contributed by atoms with Gasteiger partial charge in [0.25, 0.3) is 0 Å². The van der Waals surface area contributed by atoms with E-state index in [2.05, 4.69) is 0 Å². The molecule has 0 heterocycles. The third-order valence-electron chi connectivity index (χ3n) is 4.05. The summed E-state index contributed by atoms with van der Waals surface area (Å²) in [5.41, 5.74) is -1.75. The SMILES string of the molecule is COc1ccc2c(c1)CC(Cc1ccc(SC(F)(F)F)cc1)C2=O. The average Bonchev–Trinajstić information content (AvgIpc) is 2.83. The number of alkyl halides is 3. The van der Waals surface area contributed by atoms with Crippen molar-refractivity contribution in [3.8, 4) is 5.75 Å². The second-order valence-electron chi connectivity index (χ2n) is 5.68. The minimum Gasteiger partial charge on any atom is -0.497 e. The highest BCUT2D eigenvalue weighted by molar-refractivity contribution is 8.00. The molecule has 1 unspecified atom stereocenters. The Morgan fingerprint density at radius 2 is 1.88 bits per heavy atom. The molecule has 0 saturated heterocycles. The molecule has 2 aromatic rings.